The zero-order valence-electron chi connectivity index (χ0n) is 12.4. The Kier molecular flexibility index (Phi) is 4.66. The third-order valence-electron chi connectivity index (χ3n) is 3.89. The molecule has 1 aliphatic rings. The third kappa shape index (κ3) is 3.49. The summed E-state index contributed by atoms with van der Waals surface area (Å²) in [5.41, 5.74) is 0.350. The van der Waals surface area contributed by atoms with Crippen LogP contribution in [-0.2, 0) is 0 Å². The predicted molar refractivity (Wildman–Crippen MR) is 77.5 cm³/mol. The van der Waals surface area contributed by atoms with Gasteiger partial charge in [-0.25, -0.2) is 4.39 Å². The maximum absolute atomic E-state index is 13.2. The van der Waals surface area contributed by atoms with Gasteiger partial charge in [-0.05, 0) is 43.5 Å². The largest absolute Gasteiger partial charge is 0.490 e. The predicted octanol–water partition coefficient (Wildman–Crippen LogP) is 2.79. The molecule has 112 valence electrons. The molecule has 0 aromatic heterocycles. The maximum atomic E-state index is 13.2. The van der Waals surface area contributed by atoms with E-state index in [4.69, 9.17) is 4.74 Å². The SMILES string of the molecule is Cc1cc(OC2CCC(CO)(NC(C)C)C2)ccc1F. The molecule has 2 atom stereocenters. The Morgan fingerprint density at radius 1 is 1.50 bits per heavy atom. The first-order chi connectivity index (χ1) is 9.44. The van der Waals surface area contributed by atoms with E-state index < -0.39 is 0 Å². The molecule has 20 heavy (non-hydrogen) atoms. The van der Waals surface area contributed by atoms with Crippen LogP contribution in [0, 0.1) is 12.7 Å². The van der Waals surface area contributed by atoms with Gasteiger partial charge in [-0.1, -0.05) is 13.8 Å². The van der Waals surface area contributed by atoms with Crippen LogP contribution in [0.2, 0.25) is 0 Å². The van der Waals surface area contributed by atoms with Crippen LogP contribution >= 0.6 is 0 Å². The van der Waals surface area contributed by atoms with Crippen LogP contribution in [0.4, 0.5) is 4.39 Å². The Morgan fingerprint density at radius 2 is 2.25 bits per heavy atom. The second-order valence-corrected chi connectivity index (χ2v) is 6.13. The number of benzene rings is 1. The van der Waals surface area contributed by atoms with E-state index >= 15 is 0 Å². The van der Waals surface area contributed by atoms with Gasteiger partial charge in [0, 0.05) is 18.0 Å². The van der Waals surface area contributed by atoms with Crippen LogP contribution in [0.3, 0.4) is 0 Å². The van der Waals surface area contributed by atoms with Gasteiger partial charge in [0.15, 0.2) is 0 Å². The van der Waals surface area contributed by atoms with E-state index in [1.54, 1.807) is 19.1 Å². The molecule has 0 amide bonds. The van der Waals surface area contributed by atoms with Crippen LogP contribution in [0.15, 0.2) is 18.2 Å². The highest BCUT2D eigenvalue weighted by Gasteiger charge is 2.40. The molecule has 0 radical (unpaired) electrons. The first-order valence-corrected chi connectivity index (χ1v) is 7.25. The summed E-state index contributed by atoms with van der Waals surface area (Å²) in [6.45, 7) is 6.01. The molecule has 0 spiro atoms. The van der Waals surface area contributed by atoms with Crippen molar-refractivity contribution in [1.29, 1.82) is 0 Å². The highest BCUT2D eigenvalue weighted by molar-refractivity contribution is 5.29. The number of rotatable bonds is 5. The number of nitrogens with one attached hydrogen (secondary N) is 1. The number of aliphatic hydroxyl groups is 1. The lowest BCUT2D eigenvalue weighted by atomic mass is 9.97. The molecule has 1 aromatic rings. The number of hydrogen-bond donors (Lipinski definition) is 2. The number of aryl methyl sites for hydroxylation is 1. The lowest BCUT2D eigenvalue weighted by Gasteiger charge is -2.30. The fourth-order valence-electron chi connectivity index (χ4n) is 2.99. The Labute approximate surface area is 120 Å². The first kappa shape index (κ1) is 15.3. The second-order valence-electron chi connectivity index (χ2n) is 6.13. The number of ether oxygens (including phenoxy) is 1. The van der Waals surface area contributed by atoms with Crippen molar-refractivity contribution in [2.75, 3.05) is 6.61 Å². The standard InChI is InChI=1S/C16H24FNO2/c1-11(2)18-16(10-19)7-6-14(9-16)20-13-4-5-15(17)12(3)8-13/h4-5,8,11,14,18-19H,6-7,9-10H2,1-3H3. The molecule has 0 saturated heterocycles. The van der Waals surface area contributed by atoms with E-state index in [9.17, 15) is 9.50 Å². The molecule has 2 rings (SSSR count). The Morgan fingerprint density at radius 3 is 2.85 bits per heavy atom. The highest BCUT2D eigenvalue weighted by atomic mass is 19.1. The first-order valence-electron chi connectivity index (χ1n) is 7.25. The molecular weight excluding hydrogens is 257 g/mol. The summed E-state index contributed by atoms with van der Waals surface area (Å²) in [6.07, 6.45) is 2.64. The Balaban J connectivity index is 2.00. The molecule has 4 heteroatoms. The molecule has 1 aliphatic carbocycles. The zero-order valence-corrected chi connectivity index (χ0v) is 12.4. The summed E-state index contributed by atoms with van der Waals surface area (Å²) in [5.74, 6) is 0.488. The van der Waals surface area contributed by atoms with E-state index in [-0.39, 0.29) is 24.1 Å². The van der Waals surface area contributed by atoms with Gasteiger partial charge < -0.3 is 15.2 Å². The van der Waals surface area contributed by atoms with E-state index in [1.165, 1.54) is 6.07 Å². The van der Waals surface area contributed by atoms with E-state index in [0.29, 0.717) is 17.4 Å². The molecule has 0 aliphatic heterocycles. The van der Waals surface area contributed by atoms with Gasteiger partial charge >= 0.3 is 0 Å². The lowest BCUT2D eigenvalue weighted by Crippen LogP contribution is -2.50. The number of aliphatic hydroxyl groups excluding tert-OH is 1. The monoisotopic (exact) mass is 281 g/mol. The summed E-state index contributed by atoms with van der Waals surface area (Å²) < 4.78 is 19.2. The summed E-state index contributed by atoms with van der Waals surface area (Å²) in [6, 6.07) is 5.15. The molecule has 1 aromatic carbocycles. The molecule has 2 unspecified atom stereocenters. The average Bonchev–Trinajstić information content (AvgIpc) is 2.77. The normalized spacial score (nSPS) is 26.2. The van der Waals surface area contributed by atoms with Crippen molar-refractivity contribution in [3.63, 3.8) is 0 Å². The molecule has 2 N–H and O–H groups in total. The van der Waals surface area contributed by atoms with Gasteiger partial charge in [-0.15, -0.1) is 0 Å². The zero-order chi connectivity index (χ0) is 14.8. The van der Waals surface area contributed by atoms with Crippen LogP contribution in [0.25, 0.3) is 0 Å². The van der Waals surface area contributed by atoms with Crippen LogP contribution < -0.4 is 10.1 Å². The van der Waals surface area contributed by atoms with Gasteiger partial charge in [0.05, 0.1) is 6.61 Å². The molecule has 0 heterocycles. The number of halogens is 1. The molecule has 0 bridgehead atoms. The summed E-state index contributed by atoms with van der Waals surface area (Å²) in [4.78, 5) is 0. The number of hydrogen-bond acceptors (Lipinski definition) is 3. The topological polar surface area (TPSA) is 41.5 Å². The third-order valence-corrected chi connectivity index (χ3v) is 3.89. The minimum absolute atomic E-state index is 0.0678. The van der Waals surface area contributed by atoms with Gasteiger partial charge in [0.25, 0.3) is 0 Å². The minimum Gasteiger partial charge on any atom is -0.490 e. The smallest absolute Gasteiger partial charge is 0.126 e. The maximum Gasteiger partial charge on any atom is 0.126 e. The van der Waals surface area contributed by atoms with Crippen molar-refractivity contribution in [3.8, 4) is 5.75 Å². The minimum atomic E-state index is -0.242. The van der Waals surface area contributed by atoms with Gasteiger partial charge in [0.1, 0.15) is 17.7 Å². The van der Waals surface area contributed by atoms with Crippen molar-refractivity contribution in [3.05, 3.63) is 29.6 Å². The van der Waals surface area contributed by atoms with E-state index in [2.05, 4.69) is 19.2 Å². The second kappa shape index (κ2) is 6.10. The van der Waals surface area contributed by atoms with Crippen molar-refractivity contribution >= 4 is 0 Å². The summed E-state index contributed by atoms with van der Waals surface area (Å²) >= 11 is 0. The quantitative estimate of drug-likeness (QED) is 0.872. The summed E-state index contributed by atoms with van der Waals surface area (Å²) in [5, 5.41) is 13.1. The lowest BCUT2D eigenvalue weighted by molar-refractivity contribution is 0.133. The van der Waals surface area contributed by atoms with Crippen molar-refractivity contribution < 1.29 is 14.2 Å². The van der Waals surface area contributed by atoms with Gasteiger partial charge in [-0.2, -0.15) is 0 Å². The highest BCUT2D eigenvalue weighted by Crippen LogP contribution is 2.33. The Bertz CT molecular complexity index is 464. The fourth-order valence-corrected chi connectivity index (χ4v) is 2.99. The van der Waals surface area contributed by atoms with Crippen LogP contribution in [0.1, 0.15) is 38.7 Å². The van der Waals surface area contributed by atoms with Crippen molar-refractivity contribution in [1.82, 2.24) is 5.32 Å². The molecular formula is C16H24FNO2. The fraction of sp³-hybridized carbons (Fsp3) is 0.625. The average molecular weight is 281 g/mol. The van der Waals surface area contributed by atoms with Gasteiger partial charge in [0.2, 0.25) is 0 Å². The summed E-state index contributed by atoms with van der Waals surface area (Å²) in [7, 11) is 0. The van der Waals surface area contributed by atoms with Crippen LogP contribution in [0.5, 0.6) is 5.75 Å². The molecule has 1 saturated carbocycles. The Hall–Kier alpha value is -1.13. The van der Waals surface area contributed by atoms with Crippen molar-refractivity contribution in [2.24, 2.45) is 0 Å². The molecule has 3 nitrogen and oxygen atoms in total. The van der Waals surface area contributed by atoms with Gasteiger partial charge in [-0.3, -0.25) is 0 Å². The van der Waals surface area contributed by atoms with E-state index in [0.717, 1.165) is 19.3 Å². The van der Waals surface area contributed by atoms with E-state index in [1.807, 2.05) is 0 Å². The van der Waals surface area contributed by atoms with Crippen LogP contribution in [-0.4, -0.2) is 29.4 Å². The molecule has 1 fully saturated rings. The van der Waals surface area contributed by atoms with Crippen molar-refractivity contribution in [2.45, 2.75) is 57.7 Å².